The number of aryl methyl sites for hydroxylation is 1. The predicted molar refractivity (Wildman–Crippen MR) is 103 cm³/mol. The molecule has 0 fully saturated rings. The van der Waals surface area contributed by atoms with Crippen LogP contribution in [0.15, 0.2) is 40.8 Å². The number of hydrogen-bond acceptors (Lipinski definition) is 5. The van der Waals surface area contributed by atoms with Crippen molar-refractivity contribution >= 4 is 16.1 Å². The summed E-state index contributed by atoms with van der Waals surface area (Å²) in [7, 11) is -3.74. The van der Waals surface area contributed by atoms with Gasteiger partial charge in [0, 0.05) is 26.2 Å². The van der Waals surface area contributed by atoms with Gasteiger partial charge in [0.15, 0.2) is 0 Å². The number of benzene rings is 1. The van der Waals surface area contributed by atoms with Gasteiger partial charge in [-0.05, 0) is 45.4 Å². The summed E-state index contributed by atoms with van der Waals surface area (Å²) in [4.78, 5) is 13.9. The molecule has 7 nitrogen and oxygen atoms in total. The van der Waals surface area contributed by atoms with Crippen molar-refractivity contribution in [1.82, 2.24) is 9.21 Å². The van der Waals surface area contributed by atoms with Crippen molar-refractivity contribution in [2.75, 3.05) is 32.8 Å². The van der Waals surface area contributed by atoms with Gasteiger partial charge < -0.3 is 14.7 Å². The van der Waals surface area contributed by atoms with Crippen LogP contribution >= 0.6 is 0 Å². The van der Waals surface area contributed by atoms with Crippen molar-refractivity contribution in [3.05, 3.63) is 41.5 Å². The molecule has 1 heterocycles. The van der Waals surface area contributed by atoms with E-state index >= 15 is 0 Å². The maximum Gasteiger partial charge on any atom is 0.410 e. The van der Waals surface area contributed by atoms with Crippen LogP contribution in [-0.4, -0.2) is 67.2 Å². The van der Waals surface area contributed by atoms with Gasteiger partial charge in [0.25, 0.3) is 0 Å². The van der Waals surface area contributed by atoms with Crippen LogP contribution in [0.25, 0.3) is 0 Å². The number of ether oxygens (including phenoxy) is 1. The second-order valence-electron chi connectivity index (χ2n) is 7.60. The highest BCUT2D eigenvalue weighted by Gasteiger charge is 2.29. The first kappa shape index (κ1) is 21.4. The Kier molecular flexibility index (Phi) is 6.67. The zero-order valence-corrected chi connectivity index (χ0v) is 17.1. The largest absolute Gasteiger partial charge is 0.444 e. The number of rotatable bonds is 6. The number of amides is 1. The Morgan fingerprint density at radius 3 is 2.44 bits per heavy atom. The average molecular weight is 397 g/mol. The summed E-state index contributed by atoms with van der Waals surface area (Å²) in [5, 5.41) is 9.32. The smallest absolute Gasteiger partial charge is 0.410 e. The number of carbonyl (C=O) groups is 1. The van der Waals surface area contributed by atoms with Gasteiger partial charge >= 0.3 is 6.09 Å². The van der Waals surface area contributed by atoms with E-state index in [4.69, 9.17) is 4.74 Å². The van der Waals surface area contributed by atoms with Crippen LogP contribution < -0.4 is 0 Å². The van der Waals surface area contributed by atoms with E-state index in [2.05, 4.69) is 0 Å². The lowest BCUT2D eigenvalue weighted by molar-refractivity contribution is 0.0300. The molecule has 0 aromatic heterocycles. The second-order valence-corrected chi connectivity index (χ2v) is 9.54. The minimum absolute atomic E-state index is 0.0139. The molecule has 1 N–H and O–H groups in total. The molecular weight excluding hydrogens is 368 g/mol. The van der Waals surface area contributed by atoms with Crippen molar-refractivity contribution in [3.63, 3.8) is 0 Å². The van der Waals surface area contributed by atoms with E-state index in [1.54, 1.807) is 45.0 Å². The van der Waals surface area contributed by atoms with Crippen molar-refractivity contribution < 1.29 is 23.1 Å². The third kappa shape index (κ3) is 5.79. The lowest BCUT2D eigenvalue weighted by Gasteiger charge is -2.25. The molecule has 0 saturated carbocycles. The van der Waals surface area contributed by atoms with Gasteiger partial charge in [-0.3, -0.25) is 0 Å². The van der Waals surface area contributed by atoms with E-state index in [1.165, 1.54) is 9.21 Å². The van der Waals surface area contributed by atoms with Crippen LogP contribution in [-0.2, 0) is 14.8 Å². The number of nitrogens with zero attached hydrogens (tertiary/aromatic N) is 2. The molecule has 1 aromatic rings. The molecule has 1 aliphatic heterocycles. The number of carbonyl (C=O) groups excluding carboxylic acids is 1. The molecule has 0 spiro atoms. The first-order chi connectivity index (χ1) is 12.5. The third-order valence-electron chi connectivity index (χ3n) is 4.03. The van der Waals surface area contributed by atoms with Gasteiger partial charge in [0.2, 0.25) is 10.0 Å². The van der Waals surface area contributed by atoms with Crippen molar-refractivity contribution in [2.24, 2.45) is 0 Å². The fraction of sp³-hybridized carbons (Fsp3) is 0.526. The van der Waals surface area contributed by atoms with Crippen LogP contribution in [0.1, 0.15) is 26.3 Å². The molecule has 0 radical (unpaired) electrons. The Morgan fingerprint density at radius 1 is 1.26 bits per heavy atom. The minimum atomic E-state index is -3.74. The Balaban J connectivity index is 2.08. The zero-order chi connectivity index (χ0) is 20.2. The molecule has 0 atom stereocenters. The molecule has 0 aliphatic carbocycles. The first-order valence-electron chi connectivity index (χ1n) is 8.86. The van der Waals surface area contributed by atoms with Gasteiger partial charge in [-0.25, -0.2) is 13.2 Å². The average Bonchev–Trinajstić information content (AvgIpc) is 3.02. The molecule has 1 amide bonds. The van der Waals surface area contributed by atoms with E-state index in [0.717, 1.165) is 11.1 Å². The van der Waals surface area contributed by atoms with Gasteiger partial charge in [0.1, 0.15) is 5.60 Å². The second kappa shape index (κ2) is 8.41. The molecule has 0 unspecified atom stereocenters. The van der Waals surface area contributed by atoms with Crippen LogP contribution in [0.5, 0.6) is 0 Å². The Bertz CT molecular complexity index is 794. The highest BCUT2D eigenvalue weighted by molar-refractivity contribution is 7.89. The van der Waals surface area contributed by atoms with E-state index in [0.29, 0.717) is 13.1 Å². The fourth-order valence-electron chi connectivity index (χ4n) is 2.68. The number of aliphatic hydroxyl groups excluding tert-OH is 1. The van der Waals surface area contributed by atoms with Crippen molar-refractivity contribution in [2.45, 2.75) is 38.2 Å². The predicted octanol–water partition coefficient (Wildman–Crippen LogP) is 2.16. The minimum Gasteiger partial charge on any atom is -0.444 e. The van der Waals surface area contributed by atoms with Gasteiger partial charge in [-0.2, -0.15) is 4.31 Å². The fourth-order valence-corrected chi connectivity index (χ4v) is 4.11. The topological polar surface area (TPSA) is 87.2 Å². The number of sulfonamides is 1. The first-order valence-corrected chi connectivity index (χ1v) is 10.3. The summed E-state index contributed by atoms with van der Waals surface area (Å²) in [6, 6.07) is 6.60. The third-order valence-corrected chi connectivity index (χ3v) is 5.89. The van der Waals surface area contributed by atoms with Gasteiger partial charge in [-0.1, -0.05) is 23.8 Å². The maximum atomic E-state index is 12.9. The Morgan fingerprint density at radius 2 is 1.89 bits per heavy atom. The molecule has 8 heteroatoms. The SMILES string of the molecule is Cc1ccc(S(=O)(=O)N(CCO)CC2=CCN(C(=O)OC(C)(C)C)C2)cc1. The summed E-state index contributed by atoms with van der Waals surface area (Å²) in [6.45, 7) is 7.79. The maximum absolute atomic E-state index is 12.9. The molecule has 150 valence electrons. The monoisotopic (exact) mass is 396 g/mol. The Labute approximate surface area is 161 Å². The van der Waals surface area contributed by atoms with Crippen LogP contribution in [0, 0.1) is 6.92 Å². The number of aliphatic hydroxyl groups is 1. The highest BCUT2D eigenvalue weighted by Crippen LogP contribution is 2.20. The number of hydrogen-bond donors (Lipinski definition) is 1. The summed E-state index contributed by atoms with van der Waals surface area (Å²) in [5.74, 6) is 0. The normalized spacial score (nSPS) is 15.2. The van der Waals surface area contributed by atoms with Gasteiger partial charge in [0.05, 0.1) is 11.5 Å². The van der Waals surface area contributed by atoms with Gasteiger partial charge in [-0.15, -0.1) is 0 Å². The molecule has 1 aliphatic rings. The van der Waals surface area contributed by atoms with E-state index < -0.39 is 21.7 Å². The van der Waals surface area contributed by atoms with Crippen LogP contribution in [0.3, 0.4) is 0 Å². The Hall–Kier alpha value is -1.90. The summed E-state index contributed by atoms with van der Waals surface area (Å²) in [6.07, 6.45) is 1.41. The van der Waals surface area contributed by atoms with Crippen LogP contribution in [0.2, 0.25) is 0 Å². The van der Waals surface area contributed by atoms with Crippen LogP contribution in [0.4, 0.5) is 4.79 Å². The van der Waals surface area contributed by atoms with E-state index in [1.807, 2.05) is 13.0 Å². The molecule has 27 heavy (non-hydrogen) atoms. The molecule has 0 saturated heterocycles. The van der Waals surface area contributed by atoms with E-state index in [9.17, 15) is 18.3 Å². The molecule has 0 bridgehead atoms. The summed E-state index contributed by atoms with van der Waals surface area (Å²) in [5.41, 5.74) is 1.18. The lowest BCUT2D eigenvalue weighted by Crippen LogP contribution is -2.38. The van der Waals surface area contributed by atoms with Crippen molar-refractivity contribution in [1.29, 1.82) is 0 Å². The van der Waals surface area contributed by atoms with E-state index in [-0.39, 0.29) is 24.6 Å². The van der Waals surface area contributed by atoms with Crippen molar-refractivity contribution in [3.8, 4) is 0 Å². The quantitative estimate of drug-likeness (QED) is 0.745. The molecule has 2 rings (SSSR count). The highest BCUT2D eigenvalue weighted by atomic mass is 32.2. The lowest BCUT2D eigenvalue weighted by atomic mass is 10.2. The molecule has 1 aromatic carbocycles. The molecular formula is C19H28N2O5S. The zero-order valence-electron chi connectivity index (χ0n) is 16.3. The summed E-state index contributed by atoms with van der Waals surface area (Å²) >= 11 is 0. The standard InChI is InChI=1S/C19H28N2O5S/c1-15-5-7-17(8-6-15)27(24,25)21(11-12-22)14-16-9-10-20(13-16)18(23)26-19(2,3)4/h5-9,22H,10-14H2,1-4H3. The summed E-state index contributed by atoms with van der Waals surface area (Å²) < 4.78 is 32.4.